The molecule has 1 saturated carbocycles. The van der Waals surface area contributed by atoms with Gasteiger partial charge in [-0.05, 0) is 44.1 Å². The highest BCUT2D eigenvalue weighted by atomic mass is 19.4. The SMILES string of the molecule is COC1C=CC(C(=O)N[C@@H]2CCC[C@H](NC3=CC(C)Cc4nc(C(F)(F)F)cn43)C2)=CC1. The molecule has 174 valence electrons. The summed E-state index contributed by atoms with van der Waals surface area (Å²) in [5.74, 6) is 1.05. The number of amides is 1. The van der Waals surface area contributed by atoms with Crippen LogP contribution in [-0.2, 0) is 22.1 Å². The lowest BCUT2D eigenvalue weighted by atomic mass is 9.90. The molecule has 32 heavy (non-hydrogen) atoms. The molecule has 0 saturated heterocycles. The van der Waals surface area contributed by atoms with E-state index in [1.807, 2.05) is 25.2 Å². The number of nitrogens with one attached hydrogen (secondary N) is 2. The number of aromatic nitrogens is 2. The van der Waals surface area contributed by atoms with Gasteiger partial charge in [0.1, 0.15) is 11.6 Å². The molecule has 1 aromatic rings. The molecule has 4 atom stereocenters. The first-order valence-corrected chi connectivity index (χ1v) is 11.1. The first-order valence-electron chi connectivity index (χ1n) is 11.1. The molecule has 0 aromatic carbocycles. The van der Waals surface area contributed by atoms with Gasteiger partial charge in [-0.25, -0.2) is 4.98 Å². The highest BCUT2D eigenvalue weighted by Gasteiger charge is 2.36. The second-order valence-electron chi connectivity index (χ2n) is 8.85. The van der Waals surface area contributed by atoms with E-state index in [9.17, 15) is 18.0 Å². The Hall–Kier alpha value is -2.55. The third-order valence-electron chi connectivity index (χ3n) is 6.26. The number of ether oxygens (including phenoxy) is 1. The average molecular weight is 451 g/mol. The largest absolute Gasteiger partial charge is 0.434 e. The Labute approximate surface area is 185 Å². The normalized spacial score (nSPS) is 27.9. The fraction of sp³-hybridized carbons (Fsp3) is 0.565. The van der Waals surface area contributed by atoms with Gasteiger partial charge >= 0.3 is 6.18 Å². The van der Waals surface area contributed by atoms with Crippen LogP contribution in [0.25, 0.3) is 5.82 Å². The molecule has 1 fully saturated rings. The van der Waals surface area contributed by atoms with E-state index in [1.54, 1.807) is 13.2 Å². The second-order valence-corrected chi connectivity index (χ2v) is 8.85. The summed E-state index contributed by atoms with van der Waals surface area (Å²) in [5, 5.41) is 6.54. The van der Waals surface area contributed by atoms with Crippen molar-refractivity contribution in [2.45, 2.75) is 69.8 Å². The van der Waals surface area contributed by atoms with E-state index in [0.717, 1.165) is 25.5 Å². The smallest absolute Gasteiger partial charge is 0.377 e. The maximum atomic E-state index is 13.2. The van der Waals surface area contributed by atoms with E-state index in [0.29, 0.717) is 36.5 Å². The van der Waals surface area contributed by atoms with Crippen molar-refractivity contribution >= 4 is 11.7 Å². The summed E-state index contributed by atoms with van der Waals surface area (Å²) in [5.41, 5.74) is -0.229. The zero-order chi connectivity index (χ0) is 22.9. The first kappa shape index (κ1) is 22.6. The second kappa shape index (κ2) is 9.13. The van der Waals surface area contributed by atoms with Crippen LogP contribution in [-0.4, -0.2) is 40.8 Å². The number of hydrogen-bond acceptors (Lipinski definition) is 4. The lowest BCUT2D eigenvalue weighted by Gasteiger charge is -2.33. The molecular formula is C23H29F3N4O2. The summed E-state index contributed by atoms with van der Waals surface area (Å²) in [7, 11) is 1.64. The van der Waals surface area contributed by atoms with Crippen LogP contribution in [0.2, 0.25) is 0 Å². The van der Waals surface area contributed by atoms with E-state index < -0.39 is 11.9 Å². The standard InChI is InChI=1S/C23H29F3N4O2/c1-14-10-20(30-13-19(23(24,25)26)29-21(30)11-14)27-16-4-3-5-17(12-16)28-22(31)15-6-8-18(32-2)9-7-15/h6-8,10,13-14,16-18,27H,3-5,9,11-12H2,1-2H3,(H,28,31)/t14?,16-,17+,18?/m0/s1. The van der Waals surface area contributed by atoms with Crippen molar-refractivity contribution in [2.24, 2.45) is 5.92 Å². The number of rotatable bonds is 5. The van der Waals surface area contributed by atoms with Gasteiger partial charge in [0.2, 0.25) is 0 Å². The van der Waals surface area contributed by atoms with Crippen molar-refractivity contribution in [3.63, 3.8) is 0 Å². The Morgan fingerprint density at radius 3 is 2.75 bits per heavy atom. The molecule has 3 aliphatic rings. The predicted molar refractivity (Wildman–Crippen MR) is 114 cm³/mol. The van der Waals surface area contributed by atoms with Crippen molar-refractivity contribution in [2.75, 3.05) is 7.11 Å². The van der Waals surface area contributed by atoms with Gasteiger partial charge in [0.25, 0.3) is 5.91 Å². The summed E-state index contributed by atoms with van der Waals surface area (Å²) in [6.07, 6.45) is 8.68. The maximum absolute atomic E-state index is 13.2. The van der Waals surface area contributed by atoms with E-state index in [1.165, 1.54) is 4.57 Å². The molecule has 1 aromatic heterocycles. The fourth-order valence-electron chi connectivity index (χ4n) is 4.60. The van der Waals surface area contributed by atoms with E-state index >= 15 is 0 Å². The number of allylic oxidation sites excluding steroid dienone is 1. The van der Waals surface area contributed by atoms with E-state index in [-0.39, 0.29) is 30.0 Å². The number of hydrogen-bond donors (Lipinski definition) is 2. The molecule has 0 radical (unpaired) electrons. The molecule has 0 spiro atoms. The van der Waals surface area contributed by atoms with Gasteiger partial charge in [-0.2, -0.15) is 13.2 Å². The number of methoxy groups -OCH3 is 1. The van der Waals surface area contributed by atoms with E-state index in [4.69, 9.17) is 4.74 Å². The molecule has 4 rings (SSSR count). The van der Waals surface area contributed by atoms with Gasteiger partial charge in [0, 0.05) is 37.4 Å². The molecular weight excluding hydrogens is 421 g/mol. The van der Waals surface area contributed by atoms with Crippen LogP contribution in [0, 0.1) is 5.92 Å². The topological polar surface area (TPSA) is 68.2 Å². The van der Waals surface area contributed by atoms with Crippen molar-refractivity contribution in [1.29, 1.82) is 0 Å². The quantitative estimate of drug-likeness (QED) is 0.716. The Morgan fingerprint density at radius 2 is 2.06 bits per heavy atom. The van der Waals surface area contributed by atoms with Crippen molar-refractivity contribution in [3.05, 3.63) is 47.6 Å². The number of imidazole rings is 1. The Balaban J connectivity index is 1.39. The predicted octanol–water partition coefficient (Wildman–Crippen LogP) is 3.81. The highest BCUT2D eigenvalue weighted by Crippen LogP contribution is 2.32. The van der Waals surface area contributed by atoms with Crippen LogP contribution in [0.4, 0.5) is 13.2 Å². The Bertz CT molecular complexity index is 948. The Morgan fingerprint density at radius 1 is 1.28 bits per heavy atom. The molecule has 2 aliphatic carbocycles. The zero-order valence-electron chi connectivity index (χ0n) is 18.3. The summed E-state index contributed by atoms with van der Waals surface area (Å²) in [6.45, 7) is 1.97. The molecule has 9 heteroatoms. The van der Waals surface area contributed by atoms with Gasteiger partial charge in [-0.1, -0.05) is 25.2 Å². The third-order valence-corrected chi connectivity index (χ3v) is 6.26. The minimum Gasteiger partial charge on any atom is -0.377 e. The van der Waals surface area contributed by atoms with Gasteiger partial charge < -0.3 is 15.4 Å². The van der Waals surface area contributed by atoms with Crippen LogP contribution in [0.3, 0.4) is 0 Å². The lowest BCUT2D eigenvalue weighted by molar-refractivity contribution is -0.141. The van der Waals surface area contributed by atoms with Gasteiger partial charge in [0.15, 0.2) is 5.69 Å². The van der Waals surface area contributed by atoms with Crippen LogP contribution >= 0.6 is 0 Å². The molecule has 2 unspecified atom stereocenters. The zero-order valence-corrected chi connectivity index (χ0v) is 18.3. The number of halogens is 3. The summed E-state index contributed by atoms with van der Waals surface area (Å²) in [4.78, 5) is 16.5. The minimum absolute atomic E-state index is 0.00639. The lowest BCUT2D eigenvalue weighted by Crippen LogP contribution is -2.45. The first-order chi connectivity index (χ1) is 15.2. The van der Waals surface area contributed by atoms with Gasteiger partial charge in [-0.3, -0.25) is 9.36 Å². The van der Waals surface area contributed by atoms with Crippen LogP contribution < -0.4 is 10.6 Å². The minimum atomic E-state index is -4.47. The van der Waals surface area contributed by atoms with Crippen LogP contribution in [0.15, 0.2) is 36.1 Å². The number of fused-ring (bicyclic) bond motifs is 1. The summed E-state index contributed by atoms with van der Waals surface area (Å²) >= 11 is 0. The Kier molecular flexibility index (Phi) is 6.46. The third kappa shape index (κ3) is 5.09. The van der Waals surface area contributed by atoms with Gasteiger partial charge in [0.05, 0.1) is 6.10 Å². The molecule has 1 amide bonds. The molecule has 6 nitrogen and oxygen atoms in total. The van der Waals surface area contributed by atoms with Crippen molar-refractivity contribution in [3.8, 4) is 0 Å². The number of carbonyl (C=O) groups is 1. The monoisotopic (exact) mass is 450 g/mol. The van der Waals surface area contributed by atoms with Gasteiger partial charge in [-0.15, -0.1) is 0 Å². The van der Waals surface area contributed by atoms with E-state index in [2.05, 4.69) is 15.6 Å². The summed E-state index contributed by atoms with van der Waals surface area (Å²) in [6, 6.07) is 0.0711. The average Bonchev–Trinajstić information content (AvgIpc) is 3.19. The van der Waals surface area contributed by atoms with Crippen molar-refractivity contribution in [1.82, 2.24) is 20.2 Å². The van der Waals surface area contributed by atoms with Crippen molar-refractivity contribution < 1.29 is 22.7 Å². The molecule has 2 N–H and O–H groups in total. The number of nitrogens with zero attached hydrogens (tertiary/aromatic N) is 2. The number of alkyl halides is 3. The fourth-order valence-corrected chi connectivity index (χ4v) is 4.60. The number of carbonyl (C=O) groups excluding carboxylic acids is 1. The molecule has 1 aliphatic heterocycles. The molecule has 2 heterocycles. The summed E-state index contributed by atoms with van der Waals surface area (Å²) < 4.78 is 46.2. The van der Waals surface area contributed by atoms with Crippen LogP contribution in [0.1, 0.15) is 50.5 Å². The van der Waals surface area contributed by atoms with Crippen LogP contribution in [0.5, 0.6) is 0 Å². The highest BCUT2D eigenvalue weighted by molar-refractivity contribution is 5.96. The maximum Gasteiger partial charge on any atom is 0.434 e. The molecule has 0 bridgehead atoms.